The standard InChI is InChI=1S/C30H14F12O8/c1-5(47-7(3)43)29(45)49-27-11(9-13(19(35)25(27)41)17(33)23(39)21(37)15(9)31)12-10-14(18(34)24(40)22(38)16(10)32)20(36)26(42)28(12)50-30(46)6(2)48-8(4)44/h5-6H,1-4H3/t5-,6-/m0/s1. The molecule has 8 nitrogen and oxygen atoms in total. The Morgan fingerprint density at radius 3 is 0.900 bits per heavy atom. The lowest BCUT2D eigenvalue weighted by molar-refractivity contribution is -0.159. The smallest absolute Gasteiger partial charge is 0.352 e. The summed E-state index contributed by atoms with van der Waals surface area (Å²) in [5, 5.41) is -8.97. The Hall–Kier alpha value is -5.56. The number of hydrogen-bond acceptors (Lipinski definition) is 8. The van der Waals surface area contributed by atoms with E-state index in [0.717, 1.165) is 13.8 Å². The van der Waals surface area contributed by atoms with Crippen molar-refractivity contribution in [3.8, 4) is 22.6 Å². The molecule has 0 spiro atoms. The molecule has 50 heavy (non-hydrogen) atoms. The molecule has 4 aromatic rings. The molecular weight excluding hydrogens is 716 g/mol. The molecule has 2 atom stereocenters. The quantitative estimate of drug-likeness (QED) is 0.0656. The first kappa shape index (κ1) is 37.3. The van der Waals surface area contributed by atoms with Gasteiger partial charge in [-0.15, -0.1) is 0 Å². The Bertz CT molecular complexity index is 2030. The summed E-state index contributed by atoms with van der Waals surface area (Å²) in [6.45, 7) is 2.85. The van der Waals surface area contributed by atoms with Crippen LogP contribution in [0.3, 0.4) is 0 Å². The molecule has 0 N–H and O–H groups in total. The molecule has 0 bridgehead atoms. The molecular formula is C30H14F12O8. The van der Waals surface area contributed by atoms with Gasteiger partial charge in [0.1, 0.15) is 0 Å². The molecule has 0 amide bonds. The molecule has 0 aromatic heterocycles. The number of ether oxygens (including phenoxy) is 4. The number of carbonyl (C=O) groups excluding carboxylic acids is 4. The van der Waals surface area contributed by atoms with E-state index in [-0.39, 0.29) is 0 Å². The van der Waals surface area contributed by atoms with Crippen LogP contribution in [0.15, 0.2) is 0 Å². The molecule has 266 valence electrons. The monoisotopic (exact) mass is 730 g/mol. The lowest BCUT2D eigenvalue weighted by Gasteiger charge is -2.22. The van der Waals surface area contributed by atoms with E-state index >= 15 is 35.1 Å². The van der Waals surface area contributed by atoms with Crippen LogP contribution >= 0.6 is 0 Å². The SMILES string of the molecule is CC(=O)O[C@@H](C)C(=O)Oc1c(F)c(F)c2c(F)c(F)c(F)c(F)c2c1-c1c(OC(=O)[C@H](C)OC(C)=O)c(F)c(F)c2c(F)c(F)c(F)c(F)c12. The predicted molar refractivity (Wildman–Crippen MR) is 140 cm³/mol. The van der Waals surface area contributed by atoms with Crippen molar-refractivity contribution in [3.05, 3.63) is 69.8 Å². The van der Waals surface area contributed by atoms with E-state index < -0.39 is 150 Å². The van der Waals surface area contributed by atoms with E-state index in [1.807, 2.05) is 0 Å². The van der Waals surface area contributed by atoms with Crippen molar-refractivity contribution in [2.45, 2.75) is 39.9 Å². The summed E-state index contributed by atoms with van der Waals surface area (Å²) in [4.78, 5) is 48.2. The van der Waals surface area contributed by atoms with Crippen LogP contribution in [0.2, 0.25) is 0 Å². The molecule has 20 heteroatoms. The molecule has 0 fully saturated rings. The molecule has 0 aliphatic rings. The third-order valence-corrected chi connectivity index (χ3v) is 6.72. The summed E-state index contributed by atoms with van der Waals surface area (Å²) in [5.74, 6) is -44.5. The van der Waals surface area contributed by atoms with Crippen LogP contribution < -0.4 is 9.47 Å². The van der Waals surface area contributed by atoms with Gasteiger partial charge in [-0.25, -0.2) is 53.5 Å². The molecule has 0 unspecified atom stereocenters. The van der Waals surface area contributed by atoms with E-state index in [2.05, 4.69) is 18.9 Å². The number of hydrogen-bond donors (Lipinski definition) is 0. The van der Waals surface area contributed by atoms with Crippen molar-refractivity contribution in [1.82, 2.24) is 0 Å². The third-order valence-electron chi connectivity index (χ3n) is 6.72. The molecule has 0 saturated carbocycles. The number of fused-ring (bicyclic) bond motifs is 2. The van der Waals surface area contributed by atoms with Crippen LogP contribution in [0.25, 0.3) is 32.7 Å². The average Bonchev–Trinajstić information content (AvgIpc) is 3.04. The Morgan fingerprint density at radius 1 is 0.400 bits per heavy atom. The molecule has 0 aliphatic heterocycles. The van der Waals surface area contributed by atoms with Gasteiger partial charge in [-0.3, -0.25) is 9.59 Å². The van der Waals surface area contributed by atoms with Gasteiger partial charge in [-0.05, 0) is 13.8 Å². The minimum Gasteiger partial charge on any atom is -0.451 e. The fraction of sp³-hybridized carbons (Fsp3) is 0.200. The second-order valence-corrected chi connectivity index (χ2v) is 10.0. The van der Waals surface area contributed by atoms with Gasteiger partial charge in [-0.1, -0.05) is 0 Å². The number of rotatable bonds is 7. The Balaban J connectivity index is 2.40. The molecule has 0 aliphatic carbocycles. The highest BCUT2D eigenvalue weighted by Gasteiger charge is 2.40. The van der Waals surface area contributed by atoms with Gasteiger partial charge in [0.2, 0.25) is 11.6 Å². The Kier molecular flexibility index (Phi) is 9.98. The first-order valence-corrected chi connectivity index (χ1v) is 13.3. The van der Waals surface area contributed by atoms with E-state index in [1.165, 1.54) is 0 Å². The maximum atomic E-state index is 15.8. The second kappa shape index (κ2) is 13.4. The number of benzene rings is 4. The third kappa shape index (κ3) is 5.98. The fourth-order valence-electron chi connectivity index (χ4n) is 4.64. The number of carbonyl (C=O) groups is 4. The number of halogens is 12. The lowest BCUT2D eigenvalue weighted by Crippen LogP contribution is -2.29. The van der Waals surface area contributed by atoms with Gasteiger partial charge in [0.15, 0.2) is 81.9 Å². The summed E-state index contributed by atoms with van der Waals surface area (Å²) in [5.41, 5.74) is -4.29. The summed E-state index contributed by atoms with van der Waals surface area (Å²) in [6, 6.07) is 0. The van der Waals surface area contributed by atoms with Crippen molar-refractivity contribution in [2.24, 2.45) is 0 Å². The van der Waals surface area contributed by atoms with E-state index in [1.54, 1.807) is 0 Å². The Morgan fingerprint density at radius 2 is 0.640 bits per heavy atom. The van der Waals surface area contributed by atoms with Gasteiger partial charge in [0.25, 0.3) is 0 Å². The zero-order valence-electron chi connectivity index (χ0n) is 25.0. The summed E-state index contributed by atoms with van der Waals surface area (Å²) < 4.78 is 200. The van der Waals surface area contributed by atoms with Crippen molar-refractivity contribution in [1.29, 1.82) is 0 Å². The van der Waals surface area contributed by atoms with Gasteiger partial charge in [0, 0.05) is 35.7 Å². The van der Waals surface area contributed by atoms with Crippen LogP contribution in [-0.2, 0) is 28.7 Å². The highest BCUT2D eigenvalue weighted by molar-refractivity contribution is 6.12. The van der Waals surface area contributed by atoms with Crippen LogP contribution in [0, 0.1) is 69.8 Å². The van der Waals surface area contributed by atoms with Crippen LogP contribution in [0.4, 0.5) is 52.7 Å². The van der Waals surface area contributed by atoms with Crippen LogP contribution in [0.1, 0.15) is 27.7 Å². The molecule has 0 saturated heterocycles. The zero-order valence-corrected chi connectivity index (χ0v) is 25.0. The minimum atomic E-state index is -2.88. The van der Waals surface area contributed by atoms with Crippen molar-refractivity contribution >= 4 is 45.4 Å². The topological polar surface area (TPSA) is 105 Å². The first-order valence-electron chi connectivity index (χ1n) is 13.3. The Labute approximate surface area is 269 Å². The first-order chi connectivity index (χ1) is 23.1. The molecule has 4 aromatic carbocycles. The van der Waals surface area contributed by atoms with Gasteiger partial charge < -0.3 is 18.9 Å². The van der Waals surface area contributed by atoms with E-state index in [0.29, 0.717) is 13.8 Å². The number of esters is 4. The predicted octanol–water partition coefficient (Wildman–Crippen LogP) is 7.04. The zero-order chi connectivity index (χ0) is 37.8. The van der Waals surface area contributed by atoms with Crippen LogP contribution in [-0.4, -0.2) is 36.1 Å². The summed E-state index contributed by atoms with van der Waals surface area (Å²) in [6.07, 6.45) is -4.29. The minimum absolute atomic E-state index is 0.706. The van der Waals surface area contributed by atoms with Crippen molar-refractivity contribution in [3.63, 3.8) is 0 Å². The van der Waals surface area contributed by atoms with E-state index in [9.17, 15) is 36.7 Å². The highest BCUT2D eigenvalue weighted by atomic mass is 19.2. The van der Waals surface area contributed by atoms with Gasteiger partial charge in [0.05, 0.1) is 10.8 Å². The van der Waals surface area contributed by atoms with Gasteiger partial charge >= 0.3 is 23.9 Å². The second-order valence-electron chi connectivity index (χ2n) is 10.0. The summed E-state index contributed by atoms with van der Waals surface area (Å²) >= 11 is 0. The normalized spacial score (nSPS) is 12.6. The molecule has 4 rings (SSSR count). The average molecular weight is 730 g/mol. The summed E-state index contributed by atoms with van der Waals surface area (Å²) in [7, 11) is 0. The molecule has 0 heterocycles. The maximum Gasteiger partial charge on any atom is 0.352 e. The van der Waals surface area contributed by atoms with Crippen molar-refractivity contribution in [2.75, 3.05) is 0 Å². The largest absolute Gasteiger partial charge is 0.451 e. The van der Waals surface area contributed by atoms with E-state index in [4.69, 9.17) is 0 Å². The lowest BCUT2D eigenvalue weighted by atomic mass is 9.89. The maximum absolute atomic E-state index is 15.8. The highest BCUT2D eigenvalue weighted by Crippen LogP contribution is 2.52. The van der Waals surface area contributed by atoms with Crippen LogP contribution in [0.5, 0.6) is 11.5 Å². The van der Waals surface area contributed by atoms with Gasteiger partial charge in [-0.2, -0.15) is 8.78 Å². The fourth-order valence-corrected chi connectivity index (χ4v) is 4.64. The molecule has 0 radical (unpaired) electrons. The van der Waals surface area contributed by atoms with Crippen molar-refractivity contribution < 1.29 is 90.8 Å².